The minimum atomic E-state index is -0.0329. The Labute approximate surface area is 109 Å². The van der Waals surface area contributed by atoms with E-state index >= 15 is 0 Å². The standard InChI is InChI=1S/C13H12BrN3/c14-9-3-4-11-10(7-9)13(5-1-2-6-13)12(17-11)16-8-15/h3-4,7H,1-2,5-6H2,(H,16,17). The van der Waals surface area contributed by atoms with Crippen molar-refractivity contribution >= 4 is 27.5 Å². The highest BCUT2D eigenvalue weighted by Gasteiger charge is 2.45. The number of halogens is 1. The summed E-state index contributed by atoms with van der Waals surface area (Å²) in [5.74, 6) is 0.839. The van der Waals surface area contributed by atoms with Gasteiger partial charge in [-0.2, -0.15) is 5.26 Å². The van der Waals surface area contributed by atoms with E-state index in [0.717, 1.165) is 28.8 Å². The quantitative estimate of drug-likeness (QED) is 0.588. The highest BCUT2D eigenvalue weighted by Crippen LogP contribution is 2.50. The van der Waals surface area contributed by atoms with Crippen LogP contribution in [0.15, 0.2) is 27.7 Å². The van der Waals surface area contributed by atoms with Gasteiger partial charge in [0.1, 0.15) is 5.84 Å². The zero-order valence-corrected chi connectivity index (χ0v) is 10.9. The molecule has 4 heteroatoms. The molecule has 17 heavy (non-hydrogen) atoms. The molecule has 1 N–H and O–H groups in total. The number of amidine groups is 1. The molecule has 1 spiro atoms. The summed E-state index contributed by atoms with van der Waals surface area (Å²) in [6, 6.07) is 6.17. The average Bonchev–Trinajstić information content (AvgIpc) is 2.90. The number of hydrogen-bond acceptors (Lipinski definition) is 3. The maximum atomic E-state index is 8.85. The lowest BCUT2D eigenvalue weighted by Crippen LogP contribution is -2.37. The lowest BCUT2D eigenvalue weighted by molar-refractivity contribution is 0.599. The highest BCUT2D eigenvalue weighted by molar-refractivity contribution is 9.10. The Hall–Kier alpha value is -1.34. The van der Waals surface area contributed by atoms with Crippen molar-refractivity contribution in [1.29, 1.82) is 5.26 Å². The third-order valence-electron chi connectivity index (χ3n) is 3.79. The molecule has 0 radical (unpaired) electrons. The van der Waals surface area contributed by atoms with Crippen LogP contribution >= 0.6 is 15.9 Å². The van der Waals surface area contributed by atoms with Crippen molar-refractivity contribution in [2.24, 2.45) is 4.99 Å². The van der Waals surface area contributed by atoms with Crippen molar-refractivity contribution in [1.82, 2.24) is 5.32 Å². The van der Waals surface area contributed by atoms with Crippen LogP contribution in [-0.2, 0) is 5.41 Å². The second kappa shape index (κ2) is 3.85. The zero-order chi connectivity index (χ0) is 11.9. The predicted molar refractivity (Wildman–Crippen MR) is 70.1 cm³/mol. The number of aliphatic imine (C=N–C) groups is 1. The lowest BCUT2D eigenvalue weighted by Gasteiger charge is -2.25. The van der Waals surface area contributed by atoms with Crippen molar-refractivity contribution in [3.05, 3.63) is 28.2 Å². The predicted octanol–water partition coefficient (Wildman–Crippen LogP) is 3.38. The summed E-state index contributed by atoms with van der Waals surface area (Å²) >= 11 is 3.52. The van der Waals surface area contributed by atoms with E-state index in [1.54, 1.807) is 0 Å². The van der Waals surface area contributed by atoms with E-state index in [4.69, 9.17) is 5.26 Å². The van der Waals surface area contributed by atoms with Gasteiger partial charge in [0.15, 0.2) is 6.19 Å². The van der Waals surface area contributed by atoms with Gasteiger partial charge in [-0.1, -0.05) is 28.8 Å². The number of nitrogens with zero attached hydrogens (tertiary/aromatic N) is 2. The van der Waals surface area contributed by atoms with E-state index in [1.807, 2.05) is 18.3 Å². The Kier molecular flexibility index (Phi) is 2.44. The summed E-state index contributed by atoms with van der Waals surface area (Å²) in [5, 5.41) is 11.6. The first kappa shape index (κ1) is 10.8. The van der Waals surface area contributed by atoms with Gasteiger partial charge in [-0.15, -0.1) is 0 Å². The van der Waals surface area contributed by atoms with Crippen LogP contribution in [0.5, 0.6) is 0 Å². The molecule has 3 nitrogen and oxygen atoms in total. The topological polar surface area (TPSA) is 48.2 Å². The van der Waals surface area contributed by atoms with Gasteiger partial charge < -0.3 is 0 Å². The Morgan fingerprint density at radius 3 is 2.82 bits per heavy atom. The third kappa shape index (κ3) is 1.49. The van der Waals surface area contributed by atoms with Crippen LogP contribution < -0.4 is 5.32 Å². The van der Waals surface area contributed by atoms with Gasteiger partial charge in [-0.25, -0.2) is 4.99 Å². The van der Waals surface area contributed by atoms with Crippen LogP contribution in [0.2, 0.25) is 0 Å². The smallest absolute Gasteiger partial charge is 0.182 e. The minimum Gasteiger partial charge on any atom is -0.280 e. The molecule has 0 amide bonds. The van der Waals surface area contributed by atoms with Crippen LogP contribution in [0.4, 0.5) is 5.69 Å². The maximum Gasteiger partial charge on any atom is 0.182 e. The van der Waals surface area contributed by atoms with E-state index in [1.165, 1.54) is 18.4 Å². The molecule has 86 valence electrons. The van der Waals surface area contributed by atoms with Gasteiger partial charge in [0.25, 0.3) is 0 Å². The summed E-state index contributed by atoms with van der Waals surface area (Å²) in [4.78, 5) is 4.58. The van der Waals surface area contributed by atoms with E-state index < -0.39 is 0 Å². The molecule has 0 aromatic heterocycles. The summed E-state index contributed by atoms with van der Waals surface area (Å²) in [7, 11) is 0. The molecule has 0 bridgehead atoms. The summed E-state index contributed by atoms with van der Waals surface area (Å²) in [5.41, 5.74) is 2.24. The van der Waals surface area contributed by atoms with Crippen molar-refractivity contribution < 1.29 is 0 Å². The molecule has 1 heterocycles. The second-order valence-corrected chi connectivity index (χ2v) is 5.56. The zero-order valence-electron chi connectivity index (χ0n) is 9.33. The Morgan fingerprint density at radius 1 is 1.35 bits per heavy atom. The second-order valence-electron chi connectivity index (χ2n) is 4.65. The molecule has 2 aliphatic rings. The molecule has 1 aliphatic heterocycles. The van der Waals surface area contributed by atoms with Crippen LogP contribution in [0, 0.1) is 11.5 Å². The van der Waals surface area contributed by atoms with E-state index in [2.05, 4.69) is 32.3 Å². The number of benzene rings is 1. The number of nitrogens with one attached hydrogen (secondary N) is 1. The monoisotopic (exact) mass is 289 g/mol. The van der Waals surface area contributed by atoms with Crippen LogP contribution in [0.1, 0.15) is 31.2 Å². The van der Waals surface area contributed by atoms with Gasteiger partial charge in [-0.3, -0.25) is 5.32 Å². The van der Waals surface area contributed by atoms with E-state index in [0.29, 0.717) is 0 Å². The van der Waals surface area contributed by atoms with Crippen molar-refractivity contribution in [2.45, 2.75) is 31.1 Å². The molecule has 3 rings (SSSR count). The van der Waals surface area contributed by atoms with Gasteiger partial charge in [0.05, 0.1) is 11.1 Å². The normalized spacial score (nSPS) is 19.9. The largest absolute Gasteiger partial charge is 0.280 e. The van der Waals surface area contributed by atoms with Crippen LogP contribution in [-0.4, -0.2) is 5.84 Å². The van der Waals surface area contributed by atoms with Crippen molar-refractivity contribution in [3.8, 4) is 6.19 Å². The van der Waals surface area contributed by atoms with Crippen LogP contribution in [0.25, 0.3) is 0 Å². The third-order valence-corrected chi connectivity index (χ3v) is 4.28. The van der Waals surface area contributed by atoms with Gasteiger partial charge in [-0.05, 0) is 36.6 Å². The molecule has 0 saturated heterocycles. The summed E-state index contributed by atoms with van der Waals surface area (Å²) < 4.78 is 1.08. The van der Waals surface area contributed by atoms with Crippen molar-refractivity contribution in [3.63, 3.8) is 0 Å². The Morgan fingerprint density at radius 2 is 2.12 bits per heavy atom. The molecule has 1 aliphatic carbocycles. The number of rotatable bonds is 0. The molecule has 1 fully saturated rings. The number of nitriles is 1. The molecule has 1 aromatic rings. The highest BCUT2D eigenvalue weighted by atomic mass is 79.9. The van der Waals surface area contributed by atoms with E-state index in [9.17, 15) is 0 Å². The van der Waals surface area contributed by atoms with Gasteiger partial charge in [0.2, 0.25) is 0 Å². The summed E-state index contributed by atoms with van der Waals surface area (Å²) in [6.45, 7) is 0. The van der Waals surface area contributed by atoms with Gasteiger partial charge >= 0.3 is 0 Å². The van der Waals surface area contributed by atoms with Crippen LogP contribution in [0.3, 0.4) is 0 Å². The fourth-order valence-corrected chi connectivity index (χ4v) is 3.39. The molecule has 0 unspecified atom stereocenters. The first-order valence-electron chi connectivity index (χ1n) is 5.80. The van der Waals surface area contributed by atoms with Gasteiger partial charge in [0, 0.05) is 4.47 Å². The first-order valence-corrected chi connectivity index (χ1v) is 6.60. The lowest BCUT2D eigenvalue weighted by atomic mass is 9.79. The first-order chi connectivity index (χ1) is 8.26. The molecular formula is C13H12BrN3. The molecule has 1 aromatic carbocycles. The minimum absolute atomic E-state index is 0.0329. The average molecular weight is 290 g/mol. The van der Waals surface area contributed by atoms with E-state index in [-0.39, 0.29) is 5.41 Å². The SMILES string of the molecule is N#CNC1=Nc2ccc(Br)cc2C12CCCC2. The molecule has 1 saturated carbocycles. The number of fused-ring (bicyclic) bond motifs is 2. The Bertz CT molecular complexity index is 536. The fourth-order valence-electron chi connectivity index (χ4n) is 3.03. The maximum absolute atomic E-state index is 8.85. The Balaban J connectivity index is 2.15. The fraction of sp³-hybridized carbons (Fsp3) is 0.385. The molecular weight excluding hydrogens is 278 g/mol. The van der Waals surface area contributed by atoms with Crippen molar-refractivity contribution in [2.75, 3.05) is 0 Å². The summed E-state index contributed by atoms with van der Waals surface area (Å²) in [6.07, 6.45) is 6.61. The molecule has 0 atom stereocenters. The number of hydrogen-bond donors (Lipinski definition) is 1.